The van der Waals surface area contributed by atoms with E-state index in [0.29, 0.717) is 18.1 Å². The van der Waals surface area contributed by atoms with Gasteiger partial charge in [0.05, 0.1) is 23.8 Å². The topological polar surface area (TPSA) is 57.1 Å². The highest BCUT2D eigenvalue weighted by Gasteiger charge is 2.27. The van der Waals surface area contributed by atoms with Crippen LogP contribution in [0, 0.1) is 5.82 Å². The highest BCUT2D eigenvalue weighted by molar-refractivity contribution is 6.17. The summed E-state index contributed by atoms with van der Waals surface area (Å²) < 4.78 is 13.5. The van der Waals surface area contributed by atoms with Crippen molar-refractivity contribution in [3.63, 3.8) is 0 Å². The Labute approximate surface area is 170 Å². The molecular formula is C23H25FN4O. The molecule has 4 rings (SSSR count). The number of hydrogen-bond donors (Lipinski definition) is 1. The van der Waals surface area contributed by atoms with Gasteiger partial charge in [-0.15, -0.1) is 0 Å². The number of carbonyl (C=O) groups is 1. The van der Waals surface area contributed by atoms with Crippen LogP contribution < -0.4 is 5.32 Å². The lowest BCUT2D eigenvalue weighted by Gasteiger charge is -2.26. The first-order valence-corrected chi connectivity index (χ1v) is 10.1. The van der Waals surface area contributed by atoms with Gasteiger partial charge in [0.2, 0.25) is 5.91 Å². The Balaban J connectivity index is 1.66. The average molecular weight is 392 g/mol. The number of nitrogens with one attached hydrogen (secondary N) is 1. The van der Waals surface area contributed by atoms with Crippen molar-refractivity contribution in [2.75, 3.05) is 19.6 Å². The lowest BCUT2D eigenvalue weighted by molar-refractivity contribution is -0.121. The van der Waals surface area contributed by atoms with Crippen LogP contribution in [-0.4, -0.2) is 42.0 Å². The van der Waals surface area contributed by atoms with Gasteiger partial charge in [-0.05, 0) is 62.7 Å². The summed E-state index contributed by atoms with van der Waals surface area (Å²) in [6, 6.07) is 13.9. The molecule has 0 aliphatic carbocycles. The number of piperidine rings is 1. The third kappa shape index (κ3) is 4.59. The molecule has 2 heterocycles. The number of carbonyl (C=O) groups excluding carboxylic acids is 1. The SMILES string of the molecule is CC1=Nc2ccccc2N=C(NC(=O)CN2CCCCC2)C1c1ccc(F)cc1. The van der Waals surface area contributed by atoms with Crippen LogP contribution >= 0.6 is 0 Å². The summed E-state index contributed by atoms with van der Waals surface area (Å²) in [6.45, 7) is 4.17. The molecule has 2 aromatic rings. The molecule has 6 heteroatoms. The number of hydrogen-bond acceptors (Lipinski definition) is 4. The van der Waals surface area contributed by atoms with E-state index in [-0.39, 0.29) is 17.6 Å². The second-order valence-corrected chi connectivity index (χ2v) is 7.61. The van der Waals surface area contributed by atoms with E-state index in [0.717, 1.165) is 42.9 Å². The maximum absolute atomic E-state index is 13.5. The van der Waals surface area contributed by atoms with Gasteiger partial charge in [0.15, 0.2) is 0 Å². The molecule has 0 radical (unpaired) electrons. The molecule has 1 saturated heterocycles. The van der Waals surface area contributed by atoms with Crippen molar-refractivity contribution in [3.8, 4) is 0 Å². The summed E-state index contributed by atoms with van der Waals surface area (Å²) in [5, 5.41) is 3.04. The van der Waals surface area contributed by atoms with Crippen molar-refractivity contribution < 1.29 is 9.18 Å². The summed E-state index contributed by atoms with van der Waals surface area (Å²) >= 11 is 0. The van der Waals surface area contributed by atoms with Crippen molar-refractivity contribution in [2.24, 2.45) is 9.98 Å². The van der Waals surface area contributed by atoms with Gasteiger partial charge in [0.1, 0.15) is 11.7 Å². The number of rotatable bonds is 3. The molecule has 1 N–H and O–H groups in total. The van der Waals surface area contributed by atoms with E-state index in [1.54, 1.807) is 12.1 Å². The summed E-state index contributed by atoms with van der Waals surface area (Å²) in [6.07, 6.45) is 3.49. The van der Waals surface area contributed by atoms with E-state index in [9.17, 15) is 9.18 Å². The highest BCUT2D eigenvalue weighted by Crippen LogP contribution is 2.34. The van der Waals surface area contributed by atoms with Gasteiger partial charge in [-0.25, -0.2) is 9.38 Å². The van der Waals surface area contributed by atoms with Crippen LogP contribution in [0.2, 0.25) is 0 Å². The number of para-hydroxylation sites is 2. The zero-order valence-electron chi connectivity index (χ0n) is 16.6. The maximum Gasteiger partial charge on any atom is 0.239 e. The first-order valence-electron chi connectivity index (χ1n) is 10.1. The molecule has 1 fully saturated rings. The Morgan fingerprint density at radius 2 is 1.69 bits per heavy atom. The number of amidine groups is 1. The van der Waals surface area contributed by atoms with E-state index >= 15 is 0 Å². The van der Waals surface area contributed by atoms with E-state index < -0.39 is 0 Å². The number of amides is 1. The predicted octanol–water partition coefficient (Wildman–Crippen LogP) is 4.35. The van der Waals surface area contributed by atoms with Crippen LogP contribution in [0.5, 0.6) is 0 Å². The van der Waals surface area contributed by atoms with Gasteiger partial charge in [-0.3, -0.25) is 14.7 Å². The summed E-state index contributed by atoms with van der Waals surface area (Å²) in [5.74, 6) is -0.184. The first kappa shape index (κ1) is 19.5. The minimum Gasteiger partial charge on any atom is -0.312 e. The summed E-state index contributed by atoms with van der Waals surface area (Å²) in [5.41, 5.74) is 3.12. The van der Waals surface area contributed by atoms with E-state index in [4.69, 9.17) is 9.98 Å². The molecule has 29 heavy (non-hydrogen) atoms. The van der Waals surface area contributed by atoms with E-state index in [2.05, 4.69) is 10.2 Å². The molecule has 1 amide bonds. The quantitative estimate of drug-likeness (QED) is 0.844. The first-order chi connectivity index (χ1) is 14.1. The van der Waals surface area contributed by atoms with E-state index in [1.165, 1.54) is 18.6 Å². The predicted molar refractivity (Wildman–Crippen MR) is 114 cm³/mol. The second-order valence-electron chi connectivity index (χ2n) is 7.61. The van der Waals surface area contributed by atoms with Crippen LogP contribution in [-0.2, 0) is 4.79 Å². The standard InChI is InChI=1S/C23H25FN4O/c1-16-22(17-9-11-18(24)12-10-17)23(26-20-8-4-3-7-19(20)25-16)27-21(29)15-28-13-5-2-6-14-28/h3-4,7-12,22H,2,5-6,13-15H2,1H3,(H,26,27,29). The zero-order valence-corrected chi connectivity index (χ0v) is 16.6. The zero-order chi connectivity index (χ0) is 20.2. The fraction of sp³-hybridized carbons (Fsp3) is 0.348. The molecule has 1 unspecified atom stereocenters. The van der Waals surface area contributed by atoms with Gasteiger partial charge in [0, 0.05) is 5.71 Å². The highest BCUT2D eigenvalue weighted by atomic mass is 19.1. The number of benzene rings is 2. The summed E-state index contributed by atoms with van der Waals surface area (Å²) in [7, 11) is 0. The fourth-order valence-corrected chi connectivity index (χ4v) is 3.96. The Kier molecular flexibility index (Phi) is 5.81. The Hall–Kier alpha value is -2.86. The van der Waals surface area contributed by atoms with Crippen molar-refractivity contribution in [2.45, 2.75) is 32.1 Å². The third-order valence-electron chi connectivity index (χ3n) is 5.40. The molecule has 0 aromatic heterocycles. The number of fused-ring (bicyclic) bond motifs is 1. The molecule has 1 atom stereocenters. The van der Waals surface area contributed by atoms with Gasteiger partial charge >= 0.3 is 0 Å². The molecule has 2 aliphatic rings. The molecule has 5 nitrogen and oxygen atoms in total. The largest absolute Gasteiger partial charge is 0.312 e. The molecule has 2 aliphatic heterocycles. The van der Waals surface area contributed by atoms with Crippen molar-refractivity contribution in [1.29, 1.82) is 0 Å². The van der Waals surface area contributed by atoms with Crippen LogP contribution in [0.1, 0.15) is 37.7 Å². The molecule has 2 aromatic carbocycles. The fourth-order valence-electron chi connectivity index (χ4n) is 3.96. The Morgan fingerprint density at radius 1 is 1.03 bits per heavy atom. The van der Waals surface area contributed by atoms with Crippen LogP contribution in [0.25, 0.3) is 0 Å². The van der Waals surface area contributed by atoms with Crippen molar-refractivity contribution in [1.82, 2.24) is 10.2 Å². The van der Waals surface area contributed by atoms with E-state index in [1.807, 2.05) is 31.2 Å². The molecule has 0 spiro atoms. The van der Waals surface area contributed by atoms with Crippen molar-refractivity contribution >= 4 is 28.8 Å². The number of aliphatic imine (C=N–C) groups is 2. The smallest absolute Gasteiger partial charge is 0.239 e. The van der Waals surface area contributed by atoms with Gasteiger partial charge in [0.25, 0.3) is 0 Å². The van der Waals surface area contributed by atoms with Crippen LogP contribution in [0.4, 0.5) is 15.8 Å². The maximum atomic E-state index is 13.5. The molecule has 0 bridgehead atoms. The number of likely N-dealkylation sites (tertiary alicyclic amines) is 1. The summed E-state index contributed by atoms with van der Waals surface area (Å²) in [4.78, 5) is 24.5. The van der Waals surface area contributed by atoms with Crippen LogP contribution in [0.15, 0.2) is 58.5 Å². The molecular weight excluding hydrogens is 367 g/mol. The average Bonchev–Trinajstić information content (AvgIpc) is 2.85. The van der Waals surface area contributed by atoms with Gasteiger partial charge in [-0.1, -0.05) is 30.7 Å². The molecule has 0 saturated carbocycles. The van der Waals surface area contributed by atoms with Gasteiger partial charge < -0.3 is 5.32 Å². The lowest BCUT2D eigenvalue weighted by atomic mass is 9.93. The minimum absolute atomic E-state index is 0.0788. The lowest BCUT2D eigenvalue weighted by Crippen LogP contribution is -2.44. The number of nitrogens with zero attached hydrogens (tertiary/aromatic N) is 3. The van der Waals surface area contributed by atoms with Gasteiger partial charge in [-0.2, -0.15) is 0 Å². The van der Waals surface area contributed by atoms with Crippen molar-refractivity contribution in [3.05, 3.63) is 59.9 Å². The van der Waals surface area contributed by atoms with Crippen LogP contribution in [0.3, 0.4) is 0 Å². The minimum atomic E-state index is -0.340. The number of halogens is 1. The normalized spacial score (nSPS) is 19.6. The second kappa shape index (κ2) is 8.66. The third-order valence-corrected chi connectivity index (χ3v) is 5.40. The Morgan fingerprint density at radius 3 is 2.38 bits per heavy atom. The Bertz CT molecular complexity index is 946. The molecule has 150 valence electrons. The monoisotopic (exact) mass is 392 g/mol.